The lowest BCUT2D eigenvalue weighted by Crippen LogP contribution is -2.34. The third-order valence-corrected chi connectivity index (χ3v) is 4.94. The van der Waals surface area contributed by atoms with Crippen LogP contribution in [0.3, 0.4) is 0 Å². The van der Waals surface area contributed by atoms with Gasteiger partial charge in [0.2, 0.25) is 0 Å². The van der Waals surface area contributed by atoms with Crippen LogP contribution in [0.15, 0.2) is 45.6 Å². The highest BCUT2D eigenvalue weighted by molar-refractivity contribution is 5.85. The molecule has 1 atom stereocenters. The summed E-state index contributed by atoms with van der Waals surface area (Å²) in [7, 11) is 0. The minimum atomic E-state index is -0.862. The molecule has 0 unspecified atom stereocenters. The van der Waals surface area contributed by atoms with Crippen molar-refractivity contribution in [1.29, 1.82) is 0 Å². The predicted molar refractivity (Wildman–Crippen MR) is 93.7 cm³/mol. The van der Waals surface area contributed by atoms with E-state index in [1.807, 2.05) is 6.92 Å². The van der Waals surface area contributed by atoms with Crippen LogP contribution in [-0.2, 0) is 10.2 Å². The van der Waals surface area contributed by atoms with Gasteiger partial charge in [0.25, 0.3) is 0 Å². The molecule has 2 aromatic carbocycles. The Bertz CT molecular complexity index is 1130. The Morgan fingerprint density at radius 1 is 1.04 bits per heavy atom. The average molecular weight is 352 g/mol. The average Bonchev–Trinajstić information content (AvgIpc) is 2.52. The molecule has 2 N–H and O–H groups in total. The van der Waals surface area contributed by atoms with Crippen molar-refractivity contribution in [2.75, 3.05) is 0 Å². The van der Waals surface area contributed by atoms with Crippen LogP contribution in [0.25, 0.3) is 11.0 Å². The second-order valence-corrected chi connectivity index (χ2v) is 6.78. The van der Waals surface area contributed by atoms with Crippen LogP contribution in [0.4, 0.5) is 0 Å². The number of aryl methyl sites for hydroxylation is 1. The minimum absolute atomic E-state index is 0.0128. The Hall–Kier alpha value is -3.28. The maximum Gasteiger partial charge on any atom is 0.336 e. The van der Waals surface area contributed by atoms with E-state index >= 15 is 0 Å². The number of esters is 1. The van der Waals surface area contributed by atoms with Gasteiger partial charge in [-0.2, -0.15) is 0 Å². The van der Waals surface area contributed by atoms with Gasteiger partial charge in [-0.1, -0.05) is 13.0 Å². The molecule has 26 heavy (non-hydrogen) atoms. The fourth-order valence-corrected chi connectivity index (χ4v) is 3.63. The molecule has 1 aliphatic heterocycles. The lowest BCUT2D eigenvalue weighted by Gasteiger charge is -2.35. The smallest absolute Gasteiger partial charge is 0.336 e. The molecule has 6 heteroatoms. The molecule has 0 spiro atoms. The van der Waals surface area contributed by atoms with Crippen LogP contribution < -0.4 is 10.4 Å². The van der Waals surface area contributed by atoms with Crippen molar-refractivity contribution >= 4 is 16.9 Å². The molecule has 0 fully saturated rings. The molecule has 0 saturated carbocycles. The van der Waals surface area contributed by atoms with Crippen LogP contribution in [-0.4, -0.2) is 16.2 Å². The van der Waals surface area contributed by atoms with Crippen molar-refractivity contribution in [3.8, 4) is 17.2 Å². The van der Waals surface area contributed by atoms with Crippen molar-refractivity contribution in [2.24, 2.45) is 0 Å². The number of phenols is 2. The van der Waals surface area contributed by atoms with Gasteiger partial charge in [-0.25, -0.2) is 4.79 Å². The number of hydrogen-bond donors (Lipinski definition) is 2. The summed E-state index contributed by atoms with van der Waals surface area (Å²) in [6.45, 7) is 3.61. The van der Waals surface area contributed by atoms with E-state index in [2.05, 4.69) is 0 Å². The first-order chi connectivity index (χ1) is 12.3. The van der Waals surface area contributed by atoms with Gasteiger partial charge in [0, 0.05) is 40.1 Å². The number of rotatable bonds is 1. The molecule has 6 nitrogen and oxygen atoms in total. The molecule has 2 heterocycles. The van der Waals surface area contributed by atoms with Gasteiger partial charge < -0.3 is 19.4 Å². The van der Waals surface area contributed by atoms with E-state index in [1.165, 1.54) is 24.3 Å². The molecule has 3 aromatic rings. The highest BCUT2D eigenvalue weighted by atomic mass is 16.5. The standard InChI is InChI=1S/C20H16O6/c1-10-5-18(23)25-16-8-15(22)14(7-12(10)16)20(2)9-19(24)26-17-6-11(21)3-4-13(17)20/h3-8,21-22H,9H2,1-2H3/t20-/m0/s1. The summed E-state index contributed by atoms with van der Waals surface area (Å²) < 4.78 is 10.4. The summed E-state index contributed by atoms with van der Waals surface area (Å²) in [6.07, 6.45) is 0.0275. The van der Waals surface area contributed by atoms with Gasteiger partial charge in [-0.15, -0.1) is 0 Å². The molecular formula is C20H16O6. The van der Waals surface area contributed by atoms with E-state index in [4.69, 9.17) is 9.15 Å². The maximum atomic E-state index is 12.2. The monoisotopic (exact) mass is 352 g/mol. The molecule has 0 aliphatic carbocycles. The maximum absolute atomic E-state index is 12.2. The molecule has 4 rings (SSSR count). The van der Waals surface area contributed by atoms with E-state index < -0.39 is 17.0 Å². The summed E-state index contributed by atoms with van der Waals surface area (Å²) in [5.74, 6) is -0.287. The van der Waals surface area contributed by atoms with Crippen LogP contribution in [0.1, 0.15) is 30.0 Å². The van der Waals surface area contributed by atoms with Crippen molar-refractivity contribution < 1.29 is 24.2 Å². The van der Waals surface area contributed by atoms with E-state index in [-0.39, 0.29) is 29.3 Å². The number of carbonyl (C=O) groups excluding carboxylic acids is 1. The first-order valence-electron chi connectivity index (χ1n) is 8.10. The van der Waals surface area contributed by atoms with E-state index in [0.29, 0.717) is 22.1 Å². The Balaban J connectivity index is 2.02. The van der Waals surface area contributed by atoms with Gasteiger partial charge in [-0.3, -0.25) is 4.79 Å². The number of phenolic OH excluding ortho intramolecular Hbond substituents is 2. The Kier molecular flexibility index (Phi) is 3.34. The van der Waals surface area contributed by atoms with E-state index in [1.54, 1.807) is 19.1 Å². The van der Waals surface area contributed by atoms with Gasteiger partial charge in [-0.05, 0) is 24.6 Å². The zero-order chi connectivity index (χ0) is 18.6. The fraction of sp³-hybridized carbons (Fsp3) is 0.200. The number of ether oxygens (including phenoxy) is 1. The number of fused-ring (bicyclic) bond motifs is 2. The van der Waals surface area contributed by atoms with Crippen molar-refractivity contribution in [1.82, 2.24) is 0 Å². The summed E-state index contributed by atoms with van der Waals surface area (Å²) in [5.41, 5.74) is 0.842. The van der Waals surface area contributed by atoms with Gasteiger partial charge in [0.1, 0.15) is 22.8 Å². The van der Waals surface area contributed by atoms with Crippen LogP contribution >= 0.6 is 0 Å². The Morgan fingerprint density at radius 3 is 2.58 bits per heavy atom. The minimum Gasteiger partial charge on any atom is -0.508 e. The summed E-state index contributed by atoms with van der Waals surface area (Å²) in [5, 5.41) is 21.0. The van der Waals surface area contributed by atoms with Crippen LogP contribution in [0.5, 0.6) is 17.2 Å². The number of benzene rings is 2. The zero-order valence-electron chi connectivity index (χ0n) is 14.2. The molecular weight excluding hydrogens is 336 g/mol. The van der Waals surface area contributed by atoms with E-state index in [0.717, 1.165) is 0 Å². The molecule has 1 aliphatic rings. The van der Waals surface area contributed by atoms with Gasteiger partial charge >= 0.3 is 11.6 Å². The molecule has 0 saturated heterocycles. The second kappa shape index (κ2) is 5.36. The van der Waals surface area contributed by atoms with Gasteiger partial charge in [0.15, 0.2) is 0 Å². The molecule has 0 amide bonds. The Morgan fingerprint density at radius 2 is 1.81 bits per heavy atom. The van der Waals surface area contributed by atoms with E-state index in [9.17, 15) is 19.8 Å². The third kappa shape index (κ3) is 2.34. The van der Waals surface area contributed by atoms with Crippen molar-refractivity contribution in [3.05, 3.63) is 63.5 Å². The number of hydrogen-bond acceptors (Lipinski definition) is 6. The number of carbonyl (C=O) groups is 1. The molecule has 0 bridgehead atoms. The van der Waals surface area contributed by atoms with Crippen LogP contribution in [0, 0.1) is 6.92 Å². The van der Waals surface area contributed by atoms with Crippen molar-refractivity contribution in [3.63, 3.8) is 0 Å². The third-order valence-electron chi connectivity index (χ3n) is 4.94. The fourth-order valence-electron chi connectivity index (χ4n) is 3.63. The molecule has 132 valence electrons. The second-order valence-electron chi connectivity index (χ2n) is 6.78. The highest BCUT2D eigenvalue weighted by Gasteiger charge is 2.41. The van der Waals surface area contributed by atoms with Crippen molar-refractivity contribution in [2.45, 2.75) is 25.7 Å². The summed E-state index contributed by atoms with van der Waals surface area (Å²) in [6, 6.07) is 9.08. The van der Waals surface area contributed by atoms with Crippen LogP contribution in [0.2, 0.25) is 0 Å². The Labute approximate surface area is 148 Å². The quantitative estimate of drug-likeness (QED) is 0.397. The summed E-state index contributed by atoms with van der Waals surface area (Å²) >= 11 is 0. The first kappa shape index (κ1) is 16.2. The molecule has 1 aromatic heterocycles. The first-order valence-corrected chi connectivity index (χ1v) is 8.10. The zero-order valence-corrected chi connectivity index (χ0v) is 14.2. The van der Waals surface area contributed by atoms with Gasteiger partial charge in [0.05, 0.1) is 6.42 Å². The SMILES string of the molecule is Cc1cc(=O)oc2cc(O)c([C@@]3(C)CC(=O)Oc4cc(O)ccc43)cc12. The lowest BCUT2D eigenvalue weighted by atomic mass is 9.71. The topological polar surface area (TPSA) is 97.0 Å². The number of aromatic hydroxyl groups is 2. The largest absolute Gasteiger partial charge is 0.508 e. The molecule has 0 radical (unpaired) electrons. The normalized spacial score (nSPS) is 19.2. The predicted octanol–water partition coefficient (Wildman–Crippen LogP) is 3.13. The lowest BCUT2D eigenvalue weighted by molar-refractivity contribution is -0.136. The highest BCUT2D eigenvalue weighted by Crippen LogP contribution is 2.48. The summed E-state index contributed by atoms with van der Waals surface area (Å²) in [4.78, 5) is 23.7.